The smallest absolute Gasteiger partial charge is 0.309 e. The molecule has 9 heteroatoms. The maximum Gasteiger partial charge on any atom is 0.309 e. The Morgan fingerprint density at radius 3 is 2.36 bits per heavy atom. The van der Waals surface area contributed by atoms with Crippen LogP contribution < -0.4 is 20.1 Å². The molecule has 2 amide bonds. The minimum absolute atomic E-state index is 0.0958. The third kappa shape index (κ3) is 4.50. The molecule has 3 N–H and O–H groups in total. The predicted octanol–water partition coefficient (Wildman–Crippen LogP) is 3.92. The number of aromatic nitrogens is 3. The van der Waals surface area contributed by atoms with E-state index in [4.69, 9.17) is 9.72 Å². The molecule has 0 saturated carbocycles. The number of pyridine rings is 1. The van der Waals surface area contributed by atoms with E-state index in [1.807, 2.05) is 32.0 Å². The Bertz CT molecular complexity index is 1460. The van der Waals surface area contributed by atoms with Gasteiger partial charge in [0.05, 0.1) is 7.11 Å². The number of methoxy groups -OCH3 is 1. The SMILES string of the molecule is CNC(=O)c1cccc(NC(=O)c2c(C)[nH]c(-c3ccc(OC)c(-c4c(C)cccc4C)n3)[n+]2[O-])c1. The van der Waals surface area contributed by atoms with E-state index in [2.05, 4.69) is 15.6 Å². The number of hydrogen-bond donors (Lipinski definition) is 3. The number of anilines is 1. The highest BCUT2D eigenvalue weighted by Gasteiger charge is 2.27. The van der Waals surface area contributed by atoms with Gasteiger partial charge >= 0.3 is 5.82 Å². The number of benzene rings is 2. The first-order valence-corrected chi connectivity index (χ1v) is 11.3. The van der Waals surface area contributed by atoms with Crippen molar-refractivity contribution < 1.29 is 19.1 Å². The fourth-order valence-electron chi connectivity index (χ4n) is 4.17. The lowest BCUT2D eigenvalue weighted by Crippen LogP contribution is -2.36. The largest absolute Gasteiger partial charge is 0.710 e. The van der Waals surface area contributed by atoms with Crippen LogP contribution in [0.15, 0.2) is 54.6 Å². The summed E-state index contributed by atoms with van der Waals surface area (Å²) in [5.74, 6) is -0.185. The first kappa shape index (κ1) is 24.5. The van der Waals surface area contributed by atoms with Crippen LogP contribution in [0.4, 0.5) is 5.69 Å². The standard InChI is InChI=1S/C27H27N5O4/c1-15-8-6-9-16(2)22(15)23-21(36-5)13-12-20(31-23)25-29-17(3)24(32(25)35)27(34)30-19-11-7-10-18(14-19)26(33)28-4/h6-14,29H,1-5H3,(H,28,33)(H,30,34). The number of ether oxygens (including phenoxy) is 1. The number of hydrogen-bond acceptors (Lipinski definition) is 5. The third-order valence-electron chi connectivity index (χ3n) is 5.93. The maximum absolute atomic E-state index is 13.3. The van der Waals surface area contributed by atoms with Crippen LogP contribution in [-0.2, 0) is 0 Å². The van der Waals surface area contributed by atoms with E-state index in [9.17, 15) is 14.8 Å². The number of H-pyrrole nitrogens is 1. The highest BCUT2D eigenvalue weighted by Crippen LogP contribution is 2.34. The van der Waals surface area contributed by atoms with Crippen molar-refractivity contribution in [1.29, 1.82) is 0 Å². The summed E-state index contributed by atoms with van der Waals surface area (Å²) >= 11 is 0. The average Bonchev–Trinajstić information content (AvgIpc) is 3.17. The molecule has 2 aromatic heterocycles. The van der Waals surface area contributed by atoms with Crippen molar-refractivity contribution in [3.05, 3.63) is 87.9 Å². The number of nitrogens with one attached hydrogen (secondary N) is 3. The van der Waals surface area contributed by atoms with Gasteiger partial charge in [0.15, 0.2) is 11.4 Å². The van der Waals surface area contributed by atoms with E-state index < -0.39 is 5.91 Å². The maximum atomic E-state index is 13.3. The lowest BCUT2D eigenvalue weighted by Gasteiger charge is -2.14. The number of aryl methyl sites for hydroxylation is 3. The van der Waals surface area contributed by atoms with Gasteiger partial charge in [-0.05, 0) is 55.3 Å². The van der Waals surface area contributed by atoms with E-state index in [1.54, 1.807) is 44.4 Å². The average molecular weight is 486 g/mol. The van der Waals surface area contributed by atoms with Crippen LogP contribution in [0.1, 0.15) is 37.7 Å². The van der Waals surface area contributed by atoms with Gasteiger partial charge in [0.2, 0.25) is 5.69 Å². The van der Waals surface area contributed by atoms with Crippen LogP contribution in [0.5, 0.6) is 5.75 Å². The third-order valence-corrected chi connectivity index (χ3v) is 5.93. The second kappa shape index (κ2) is 9.91. The van der Waals surface area contributed by atoms with Crippen LogP contribution >= 0.6 is 0 Å². The van der Waals surface area contributed by atoms with Gasteiger partial charge in [-0.2, -0.15) is 0 Å². The molecule has 4 aromatic rings. The predicted molar refractivity (Wildman–Crippen MR) is 137 cm³/mol. The summed E-state index contributed by atoms with van der Waals surface area (Å²) in [6, 6.07) is 15.8. The van der Waals surface area contributed by atoms with Crippen molar-refractivity contribution >= 4 is 17.5 Å². The summed E-state index contributed by atoms with van der Waals surface area (Å²) in [6.45, 7) is 5.62. The molecule has 184 valence electrons. The molecule has 2 aromatic carbocycles. The number of carbonyl (C=O) groups is 2. The number of carbonyl (C=O) groups excluding carboxylic acids is 2. The van der Waals surface area contributed by atoms with Gasteiger partial charge in [-0.15, -0.1) is 0 Å². The number of aromatic amines is 1. The van der Waals surface area contributed by atoms with Crippen molar-refractivity contribution in [3.8, 4) is 28.5 Å². The summed E-state index contributed by atoms with van der Waals surface area (Å²) in [4.78, 5) is 32.7. The topological polar surface area (TPSA) is 123 Å². The van der Waals surface area contributed by atoms with Gasteiger partial charge in [-0.1, -0.05) is 24.3 Å². The monoisotopic (exact) mass is 485 g/mol. The molecular weight excluding hydrogens is 458 g/mol. The lowest BCUT2D eigenvalue weighted by atomic mass is 9.99. The van der Waals surface area contributed by atoms with Gasteiger partial charge in [0.25, 0.3) is 11.8 Å². The van der Waals surface area contributed by atoms with Gasteiger partial charge < -0.3 is 20.6 Å². The summed E-state index contributed by atoms with van der Waals surface area (Å²) in [6.07, 6.45) is 0. The molecule has 2 heterocycles. The first-order chi connectivity index (χ1) is 17.2. The van der Waals surface area contributed by atoms with Crippen molar-refractivity contribution in [1.82, 2.24) is 15.3 Å². The quantitative estimate of drug-likeness (QED) is 0.282. The molecule has 0 aliphatic carbocycles. The second-order valence-corrected chi connectivity index (χ2v) is 8.37. The molecule has 4 rings (SSSR count). The van der Waals surface area contributed by atoms with Crippen molar-refractivity contribution in [2.24, 2.45) is 0 Å². The molecule has 0 radical (unpaired) electrons. The van der Waals surface area contributed by atoms with E-state index in [0.717, 1.165) is 16.7 Å². The zero-order chi connectivity index (χ0) is 26.0. The van der Waals surface area contributed by atoms with E-state index in [1.165, 1.54) is 13.1 Å². The van der Waals surface area contributed by atoms with Crippen LogP contribution in [0.3, 0.4) is 0 Å². The summed E-state index contributed by atoms with van der Waals surface area (Å²) in [5.41, 5.74) is 5.01. The molecule has 0 bridgehead atoms. The molecule has 9 nitrogen and oxygen atoms in total. The Kier molecular flexibility index (Phi) is 6.73. The highest BCUT2D eigenvalue weighted by molar-refractivity contribution is 6.04. The molecule has 0 fully saturated rings. The van der Waals surface area contributed by atoms with E-state index in [-0.39, 0.29) is 17.4 Å². The Morgan fingerprint density at radius 1 is 1.00 bits per heavy atom. The molecule has 36 heavy (non-hydrogen) atoms. The Balaban J connectivity index is 1.73. The zero-order valence-electron chi connectivity index (χ0n) is 20.7. The number of rotatable bonds is 6. The number of amides is 2. The molecular formula is C27H27N5O4. The molecule has 0 aliphatic rings. The Labute approximate surface area is 208 Å². The highest BCUT2D eigenvalue weighted by atomic mass is 16.5. The number of imidazole rings is 1. The summed E-state index contributed by atoms with van der Waals surface area (Å²) in [5, 5.41) is 18.5. The Morgan fingerprint density at radius 2 is 1.69 bits per heavy atom. The van der Waals surface area contributed by atoms with E-state index >= 15 is 0 Å². The normalized spacial score (nSPS) is 10.7. The van der Waals surface area contributed by atoms with E-state index in [0.29, 0.717) is 38.8 Å². The molecule has 0 aliphatic heterocycles. The fraction of sp³-hybridized carbons (Fsp3) is 0.185. The number of nitrogens with zero attached hydrogens (tertiary/aromatic N) is 2. The molecule has 0 unspecified atom stereocenters. The van der Waals surface area contributed by atoms with Crippen molar-refractivity contribution in [2.75, 3.05) is 19.5 Å². The first-order valence-electron chi connectivity index (χ1n) is 11.3. The Hall–Kier alpha value is -4.66. The van der Waals surface area contributed by atoms with Crippen molar-refractivity contribution in [2.45, 2.75) is 20.8 Å². The summed E-state index contributed by atoms with van der Waals surface area (Å²) < 4.78 is 6.09. The van der Waals surface area contributed by atoms with Crippen LogP contribution in [-0.4, -0.2) is 35.9 Å². The second-order valence-electron chi connectivity index (χ2n) is 8.37. The minimum Gasteiger partial charge on any atom is -0.710 e. The van der Waals surface area contributed by atoms with Gasteiger partial charge in [0, 0.05) is 30.8 Å². The van der Waals surface area contributed by atoms with Gasteiger partial charge in [-0.25, -0.2) is 14.7 Å². The molecule has 0 saturated heterocycles. The van der Waals surface area contributed by atoms with Crippen LogP contribution in [0, 0.1) is 26.0 Å². The van der Waals surface area contributed by atoms with Gasteiger partial charge in [-0.3, -0.25) is 9.59 Å². The lowest BCUT2D eigenvalue weighted by molar-refractivity contribution is -0.594. The molecule has 0 spiro atoms. The van der Waals surface area contributed by atoms with Gasteiger partial charge in [0.1, 0.15) is 11.4 Å². The molecule has 0 atom stereocenters. The zero-order valence-corrected chi connectivity index (χ0v) is 20.7. The summed E-state index contributed by atoms with van der Waals surface area (Å²) in [7, 11) is 3.10. The fourth-order valence-corrected chi connectivity index (χ4v) is 4.17. The minimum atomic E-state index is -0.609. The van der Waals surface area contributed by atoms with Crippen LogP contribution in [0.2, 0.25) is 0 Å². The van der Waals surface area contributed by atoms with Crippen LogP contribution in [0.25, 0.3) is 22.8 Å². The van der Waals surface area contributed by atoms with Crippen molar-refractivity contribution in [3.63, 3.8) is 0 Å².